The first-order valence-corrected chi connectivity index (χ1v) is 9.64. The molecule has 1 N–H and O–H groups in total. The molecular formula is C22H26ClNO5. The van der Waals surface area contributed by atoms with Gasteiger partial charge in [-0.1, -0.05) is 29.8 Å². The van der Waals surface area contributed by atoms with Crippen LogP contribution in [0.3, 0.4) is 0 Å². The maximum atomic E-state index is 12.5. The predicted molar refractivity (Wildman–Crippen MR) is 113 cm³/mol. The van der Waals surface area contributed by atoms with Crippen molar-refractivity contribution < 1.29 is 23.8 Å². The molecule has 7 heteroatoms. The molecule has 29 heavy (non-hydrogen) atoms. The van der Waals surface area contributed by atoms with Crippen molar-refractivity contribution in [3.63, 3.8) is 0 Å². The number of anilines is 1. The fourth-order valence-electron chi connectivity index (χ4n) is 2.71. The maximum absolute atomic E-state index is 12.5. The molecule has 2 aromatic rings. The number of halogens is 1. The lowest BCUT2D eigenvalue weighted by atomic mass is 10.1. The van der Waals surface area contributed by atoms with Crippen LogP contribution >= 0.6 is 11.6 Å². The first-order chi connectivity index (χ1) is 13.6. The standard InChI is InChI=1S/C22H26ClNO5/c1-12(2)28-20-17(23)10-16(11-18(20)27-6)22(26)29-15(5)21(25)24-19-13(3)8-7-9-14(19)4/h7-12,15H,1-6H3,(H,24,25)/t15-/m0/s1. The van der Waals surface area contributed by atoms with Crippen LogP contribution < -0.4 is 14.8 Å². The summed E-state index contributed by atoms with van der Waals surface area (Å²) in [6.45, 7) is 9.02. The van der Waals surface area contributed by atoms with Crippen molar-refractivity contribution in [2.45, 2.75) is 46.8 Å². The number of hydrogen-bond donors (Lipinski definition) is 1. The number of ether oxygens (including phenoxy) is 3. The van der Waals surface area contributed by atoms with E-state index in [9.17, 15) is 9.59 Å². The highest BCUT2D eigenvalue weighted by Crippen LogP contribution is 2.37. The number of nitrogens with one attached hydrogen (secondary N) is 1. The molecule has 0 heterocycles. The molecule has 0 bridgehead atoms. The minimum absolute atomic E-state index is 0.118. The summed E-state index contributed by atoms with van der Waals surface area (Å²) in [5.41, 5.74) is 2.72. The number of esters is 1. The molecule has 6 nitrogen and oxygen atoms in total. The van der Waals surface area contributed by atoms with E-state index in [1.165, 1.54) is 26.2 Å². The summed E-state index contributed by atoms with van der Waals surface area (Å²) in [5, 5.41) is 3.03. The van der Waals surface area contributed by atoms with E-state index < -0.39 is 18.0 Å². The van der Waals surface area contributed by atoms with Crippen LogP contribution in [0, 0.1) is 13.8 Å². The SMILES string of the molecule is COc1cc(C(=O)O[C@@H](C)C(=O)Nc2c(C)cccc2C)cc(Cl)c1OC(C)C. The first kappa shape index (κ1) is 22.6. The summed E-state index contributed by atoms with van der Waals surface area (Å²) < 4.78 is 16.2. The van der Waals surface area contributed by atoms with Gasteiger partial charge in [0.2, 0.25) is 0 Å². The Hall–Kier alpha value is -2.73. The van der Waals surface area contributed by atoms with Crippen LogP contribution in [0.25, 0.3) is 0 Å². The van der Waals surface area contributed by atoms with Crippen LogP contribution in [0.15, 0.2) is 30.3 Å². The van der Waals surface area contributed by atoms with Gasteiger partial charge in [0.05, 0.1) is 23.8 Å². The molecule has 2 aromatic carbocycles. The first-order valence-electron chi connectivity index (χ1n) is 9.26. The molecule has 0 radical (unpaired) electrons. The molecule has 0 aliphatic rings. The zero-order valence-electron chi connectivity index (χ0n) is 17.5. The van der Waals surface area contributed by atoms with Gasteiger partial charge in [-0.3, -0.25) is 4.79 Å². The van der Waals surface area contributed by atoms with Crippen molar-refractivity contribution in [2.75, 3.05) is 12.4 Å². The van der Waals surface area contributed by atoms with Gasteiger partial charge < -0.3 is 19.5 Å². The van der Waals surface area contributed by atoms with E-state index in [0.717, 1.165) is 11.1 Å². The fourth-order valence-corrected chi connectivity index (χ4v) is 2.96. The van der Waals surface area contributed by atoms with Crippen molar-refractivity contribution >= 4 is 29.2 Å². The highest BCUT2D eigenvalue weighted by Gasteiger charge is 2.23. The molecule has 0 saturated carbocycles. The quantitative estimate of drug-likeness (QED) is 0.643. The molecule has 0 aromatic heterocycles. The Balaban J connectivity index is 2.14. The molecule has 2 rings (SSSR count). The second kappa shape index (κ2) is 9.65. The molecule has 1 amide bonds. The Morgan fingerprint density at radius 2 is 1.69 bits per heavy atom. The van der Waals surface area contributed by atoms with Gasteiger partial charge in [0.1, 0.15) is 0 Å². The van der Waals surface area contributed by atoms with Crippen molar-refractivity contribution in [3.8, 4) is 11.5 Å². The molecule has 156 valence electrons. The zero-order valence-corrected chi connectivity index (χ0v) is 18.2. The number of hydrogen-bond acceptors (Lipinski definition) is 5. The summed E-state index contributed by atoms with van der Waals surface area (Å²) >= 11 is 6.25. The second-order valence-electron chi connectivity index (χ2n) is 6.96. The van der Waals surface area contributed by atoms with E-state index in [1.807, 2.05) is 45.9 Å². The average Bonchev–Trinajstić information content (AvgIpc) is 2.65. The molecule has 0 fully saturated rings. The molecular weight excluding hydrogens is 394 g/mol. The molecule has 0 aliphatic carbocycles. The molecule has 0 saturated heterocycles. The lowest BCUT2D eigenvalue weighted by molar-refractivity contribution is -0.123. The van der Waals surface area contributed by atoms with Crippen molar-refractivity contribution in [1.82, 2.24) is 0 Å². The third kappa shape index (κ3) is 5.64. The highest BCUT2D eigenvalue weighted by molar-refractivity contribution is 6.32. The van der Waals surface area contributed by atoms with E-state index in [0.29, 0.717) is 17.2 Å². The summed E-state index contributed by atoms with van der Waals surface area (Å²) in [4.78, 5) is 25.0. The Labute approximate surface area is 176 Å². The third-order valence-corrected chi connectivity index (χ3v) is 4.48. The van der Waals surface area contributed by atoms with E-state index >= 15 is 0 Å². The van der Waals surface area contributed by atoms with Gasteiger partial charge in [0, 0.05) is 5.69 Å². The Bertz CT molecular complexity index is 890. The normalized spacial score (nSPS) is 11.7. The van der Waals surface area contributed by atoms with E-state index in [1.54, 1.807) is 0 Å². The van der Waals surface area contributed by atoms with Crippen LogP contribution in [0.2, 0.25) is 5.02 Å². The van der Waals surface area contributed by atoms with Gasteiger partial charge in [-0.2, -0.15) is 0 Å². The number of rotatable bonds is 7. The van der Waals surface area contributed by atoms with Crippen LogP contribution in [0.1, 0.15) is 42.3 Å². The largest absolute Gasteiger partial charge is 0.493 e. The Morgan fingerprint density at radius 3 is 2.24 bits per heavy atom. The molecule has 0 unspecified atom stereocenters. The van der Waals surface area contributed by atoms with E-state index in [2.05, 4.69) is 5.32 Å². The van der Waals surface area contributed by atoms with Gasteiger partial charge in [-0.15, -0.1) is 0 Å². The number of carbonyl (C=O) groups is 2. The van der Waals surface area contributed by atoms with Crippen LogP contribution in [-0.4, -0.2) is 31.2 Å². The van der Waals surface area contributed by atoms with Gasteiger partial charge in [0.15, 0.2) is 17.6 Å². The number of aryl methyl sites for hydroxylation is 2. The van der Waals surface area contributed by atoms with Gasteiger partial charge in [-0.05, 0) is 57.9 Å². The van der Waals surface area contributed by atoms with Crippen LogP contribution in [-0.2, 0) is 9.53 Å². The third-order valence-electron chi connectivity index (χ3n) is 4.20. The predicted octanol–water partition coefficient (Wildman–Crippen LogP) is 4.94. The van der Waals surface area contributed by atoms with Gasteiger partial charge in [-0.25, -0.2) is 4.79 Å². The topological polar surface area (TPSA) is 73.9 Å². The maximum Gasteiger partial charge on any atom is 0.339 e. The molecule has 0 aliphatic heterocycles. The van der Waals surface area contributed by atoms with Crippen molar-refractivity contribution in [2.24, 2.45) is 0 Å². The van der Waals surface area contributed by atoms with Gasteiger partial charge in [0.25, 0.3) is 5.91 Å². The number of benzene rings is 2. The number of carbonyl (C=O) groups excluding carboxylic acids is 2. The number of methoxy groups -OCH3 is 1. The van der Waals surface area contributed by atoms with Crippen LogP contribution in [0.5, 0.6) is 11.5 Å². The fraction of sp³-hybridized carbons (Fsp3) is 0.364. The monoisotopic (exact) mass is 419 g/mol. The van der Waals surface area contributed by atoms with Gasteiger partial charge >= 0.3 is 5.97 Å². The van der Waals surface area contributed by atoms with Crippen LogP contribution in [0.4, 0.5) is 5.69 Å². The smallest absolute Gasteiger partial charge is 0.339 e. The highest BCUT2D eigenvalue weighted by atomic mass is 35.5. The second-order valence-corrected chi connectivity index (χ2v) is 7.37. The number of amides is 1. The van der Waals surface area contributed by atoms with E-state index in [4.69, 9.17) is 25.8 Å². The summed E-state index contributed by atoms with van der Waals surface area (Å²) in [6, 6.07) is 8.61. The molecule has 0 spiro atoms. The average molecular weight is 420 g/mol. The Morgan fingerprint density at radius 1 is 1.07 bits per heavy atom. The number of para-hydroxylation sites is 1. The van der Waals surface area contributed by atoms with E-state index in [-0.39, 0.29) is 16.7 Å². The lowest BCUT2D eigenvalue weighted by Gasteiger charge is -2.18. The zero-order chi connectivity index (χ0) is 21.7. The summed E-state index contributed by atoms with van der Waals surface area (Å²) in [6.07, 6.45) is -1.12. The van der Waals surface area contributed by atoms with Crippen molar-refractivity contribution in [3.05, 3.63) is 52.0 Å². The Kier molecular flexibility index (Phi) is 7.51. The summed E-state index contributed by atoms with van der Waals surface area (Å²) in [7, 11) is 1.45. The minimum Gasteiger partial charge on any atom is -0.493 e. The van der Waals surface area contributed by atoms with Crippen molar-refractivity contribution in [1.29, 1.82) is 0 Å². The summed E-state index contributed by atoms with van der Waals surface area (Å²) in [5.74, 6) is -0.452. The molecule has 1 atom stereocenters. The minimum atomic E-state index is -1.00. The lowest BCUT2D eigenvalue weighted by Crippen LogP contribution is -2.30.